The first-order valence-electron chi connectivity index (χ1n) is 7.52. The maximum absolute atomic E-state index is 12.0. The fourth-order valence-corrected chi connectivity index (χ4v) is 2.53. The van der Waals surface area contributed by atoms with Crippen molar-refractivity contribution in [3.8, 4) is 17.6 Å². The molecule has 0 radical (unpaired) electrons. The molecule has 0 unspecified atom stereocenters. The summed E-state index contributed by atoms with van der Waals surface area (Å²) in [6.45, 7) is 4.29. The van der Waals surface area contributed by atoms with Crippen molar-refractivity contribution in [2.24, 2.45) is 0 Å². The van der Waals surface area contributed by atoms with Crippen LogP contribution in [0.3, 0.4) is 0 Å². The van der Waals surface area contributed by atoms with Crippen LogP contribution < -0.4 is 10.1 Å². The van der Waals surface area contributed by atoms with Gasteiger partial charge in [-0.25, -0.2) is 0 Å². The molecule has 2 aromatic rings. The van der Waals surface area contributed by atoms with Crippen molar-refractivity contribution >= 4 is 21.8 Å². The molecule has 0 aliphatic heterocycles. The van der Waals surface area contributed by atoms with Crippen LogP contribution in [-0.4, -0.2) is 19.1 Å². The zero-order valence-corrected chi connectivity index (χ0v) is 14.8. The number of hydrogen-bond acceptors (Lipinski definition) is 2. The predicted molar refractivity (Wildman–Crippen MR) is 100 cm³/mol. The van der Waals surface area contributed by atoms with E-state index in [4.69, 9.17) is 4.74 Å². The second-order valence-corrected chi connectivity index (χ2v) is 5.76. The Morgan fingerprint density at radius 1 is 1.17 bits per heavy atom. The van der Waals surface area contributed by atoms with Crippen LogP contribution in [0.1, 0.15) is 15.9 Å². The van der Waals surface area contributed by atoms with Crippen LogP contribution in [0.25, 0.3) is 0 Å². The fourth-order valence-electron chi connectivity index (χ4n) is 2.06. The summed E-state index contributed by atoms with van der Waals surface area (Å²) < 4.78 is 6.42. The van der Waals surface area contributed by atoms with E-state index in [0.29, 0.717) is 5.56 Å². The monoisotopic (exact) mass is 383 g/mol. The number of nitrogens with one attached hydrogen (secondary N) is 1. The van der Waals surface area contributed by atoms with E-state index < -0.39 is 0 Å². The molecule has 0 bridgehead atoms. The first kappa shape index (κ1) is 17.8. The Balaban J connectivity index is 1.80. The molecule has 0 atom stereocenters. The Morgan fingerprint density at radius 3 is 2.71 bits per heavy atom. The average molecular weight is 384 g/mol. The summed E-state index contributed by atoms with van der Waals surface area (Å²) in [7, 11) is 0. The van der Waals surface area contributed by atoms with Gasteiger partial charge in [-0.2, -0.15) is 0 Å². The molecule has 1 amide bonds. The lowest BCUT2D eigenvalue weighted by Crippen LogP contribution is -2.23. The molecule has 0 aromatic heterocycles. The molecule has 0 saturated heterocycles. The second-order valence-electron chi connectivity index (χ2n) is 4.91. The lowest BCUT2D eigenvalue weighted by atomic mass is 10.1. The number of ether oxygens (including phenoxy) is 1. The molecular weight excluding hydrogens is 366 g/mol. The SMILES string of the molecule is C=CCc1ccccc1OCC#CCNC(=O)c1ccccc1Br. The number of hydrogen-bond donors (Lipinski definition) is 1. The molecule has 0 fully saturated rings. The first-order valence-corrected chi connectivity index (χ1v) is 8.31. The Hall–Kier alpha value is -2.51. The van der Waals surface area contributed by atoms with Gasteiger partial charge in [0.2, 0.25) is 0 Å². The molecule has 4 heteroatoms. The average Bonchev–Trinajstić information content (AvgIpc) is 2.59. The molecule has 122 valence electrons. The fraction of sp³-hybridized carbons (Fsp3) is 0.150. The van der Waals surface area contributed by atoms with Crippen molar-refractivity contribution in [1.82, 2.24) is 5.32 Å². The van der Waals surface area contributed by atoms with E-state index in [0.717, 1.165) is 22.2 Å². The normalized spacial score (nSPS) is 9.54. The van der Waals surface area contributed by atoms with E-state index in [1.54, 1.807) is 6.07 Å². The van der Waals surface area contributed by atoms with Gasteiger partial charge in [-0.1, -0.05) is 48.2 Å². The Labute approximate surface area is 150 Å². The van der Waals surface area contributed by atoms with E-state index in [-0.39, 0.29) is 19.1 Å². The van der Waals surface area contributed by atoms with Gasteiger partial charge in [0, 0.05) is 4.47 Å². The third kappa shape index (κ3) is 5.29. The number of rotatable bonds is 6. The summed E-state index contributed by atoms with van der Waals surface area (Å²) in [6, 6.07) is 15.1. The van der Waals surface area contributed by atoms with E-state index in [2.05, 4.69) is 39.7 Å². The van der Waals surface area contributed by atoms with Crippen LogP contribution in [0.4, 0.5) is 0 Å². The zero-order valence-electron chi connectivity index (χ0n) is 13.2. The minimum absolute atomic E-state index is 0.158. The molecule has 1 N–H and O–H groups in total. The van der Waals surface area contributed by atoms with Gasteiger partial charge in [0.05, 0.1) is 12.1 Å². The van der Waals surface area contributed by atoms with Gasteiger partial charge in [-0.3, -0.25) is 4.79 Å². The highest BCUT2D eigenvalue weighted by Gasteiger charge is 2.07. The van der Waals surface area contributed by atoms with Gasteiger partial charge in [0.25, 0.3) is 5.91 Å². The number of amides is 1. The van der Waals surface area contributed by atoms with Gasteiger partial charge < -0.3 is 10.1 Å². The highest BCUT2D eigenvalue weighted by molar-refractivity contribution is 9.10. The third-order valence-electron chi connectivity index (χ3n) is 3.22. The van der Waals surface area contributed by atoms with Gasteiger partial charge in [-0.15, -0.1) is 6.58 Å². The molecule has 24 heavy (non-hydrogen) atoms. The number of allylic oxidation sites excluding steroid dienone is 1. The summed E-state index contributed by atoms with van der Waals surface area (Å²) >= 11 is 3.35. The lowest BCUT2D eigenvalue weighted by Gasteiger charge is -2.07. The molecule has 2 rings (SSSR count). The second kappa shape index (κ2) is 9.59. The summed E-state index contributed by atoms with van der Waals surface area (Å²) in [6.07, 6.45) is 2.59. The smallest absolute Gasteiger partial charge is 0.253 e. The van der Waals surface area contributed by atoms with Gasteiger partial charge in [-0.05, 0) is 46.1 Å². The Bertz CT molecular complexity index is 774. The molecule has 0 spiro atoms. The summed E-state index contributed by atoms with van der Waals surface area (Å²) in [5.74, 6) is 6.44. The van der Waals surface area contributed by atoms with E-state index in [1.807, 2.05) is 48.5 Å². The number of benzene rings is 2. The van der Waals surface area contributed by atoms with Crippen molar-refractivity contribution < 1.29 is 9.53 Å². The standard InChI is InChI=1S/C20H18BrNO2/c1-2-9-16-10-3-6-13-19(16)24-15-8-7-14-22-20(23)17-11-4-5-12-18(17)21/h2-6,10-13H,1,9,14-15H2,(H,22,23). The topological polar surface area (TPSA) is 38.3 Å². The number of carbonyl (C=O) groups excluding carboxylic acids is 1. The Morgan fingerprint density at radius 2 is 1.92 bits per heavy atom. The Kier molecular flexibility index (Phi) is 7.13. The minimum atomic E-state index is -0.158. The van der Waals surface area contributed by atoms with Crippen LogP contribution >= 0.6 is 15.9 Å². The van der Waals surface area contributed by atoms with Crippen LogP contribution in [-0.2, 0) is 6.42 Å². The van der Waals surface area contributed by atoms with Crippen LogP contribution in [0, 0.1) is 11.8 Å². The van der Waals surface area contributed by atoms with Crippen LogP contribution in [0.15, 0.2) is 65.7 Å². The van der Waals surface area contributed by atoms with Crippen molar-refractivity contribution in [2.75, 3.05) is 13.2 Å². The first-order chi connectivity index (χ1) is 11.7. The summed E-state index contributed by atoms with van der Waals surface area (Å²) in [5.41, 5.74) is 1.67. The molecule has 3 nitrogen and oxygen atoms in total. The number of carbonyl (C=O) groups is 1. The largest absolute Gasteiger partial charge is 0.481 e. The minimum Gasteiger partial charge on any atom is -0.481 e. The molecule has 0 aliphatic carbocycles. The van der Waals surface area contributed by atoms with Crippen molar-refractivity contribution in [3.05, 3.63) is 76.8 Å². The van der Waals surface area contributed by atoms with Crippen molar-refractivity contribution in [3.63, 3.8) is 0 Å². The summed E-state index contributed by atoms with van der Waals surface area (Å²) in [5, 5.41) is 2.76. The number of para-hydroxylation sites is 1. The zero-order chi connectivity index (χ0) is 17.2. The van der Waals surface area contributed by atoms with E-state index in [1.165, 1.54) is 0 Å². The molecular formula is C20H18BrNO2. The quantitative estimate of drug-likeness (QED) is 0.604. The van der Waals surface area contributed by atoms with Gasteiger partial charge in [0.1, 0.15) is 12.4 Å². The van der Waals surface area contributed by atoms with Crippen LogP contribution in [0.5, 0.6) is 5.75 Å². The van der Waals surface area contributed by atoms with Gasteiger partial charge in [0.15, 0.2) is 0 Å². The molecule has 0 heterocycles. The third-order valence-corrected chi connectivity index (χ3v) is 3.91. The predicted octanol–water partition coefficient (Wildman–Crippen LogP) is 3.99. The molecule has 0 aliphatic rings. The van der Waals surface area contributed by atoms with Crippen molar-refractivity contribution in [2.45, 2.75) is 6.42 Å². The number of halogens is 1. The maximum atomic E-state index is 12.0. The van der Waals surface area contributed by atoms with Gasteiger partial charge >= 0.3 is 0 Å². The molecule has 0 saturated carbocycles. The lowest BCUT2D eigenvalue weighted by molar-refractivity contribution is 0.0958. The van der Waals surface area contributed by atoms with E-state index >= 15 is 0 Å². The highest BCUT2D eigenvalue weighted by atomic mass is 79.9. The van der Waals surface area contributed by atoms with Crippen molar-refractivity contribution in [1.29, 1.82) is 0 Å². The highest BCUT2D eigenvalue weighted by Crippen LogP contribution is 2.18. The van der Waals surface area contributed by atoms with Crippen LogP contribution in [0.2, 0.25) is 0 Å². The maximum Gasteiger partial charge on any atom is 0.253 e. The summed E-state index contributed by atoms with van der Waals surface area (Å²) in [4.78, 5) is 12.0. The van der Waals surface area contributed by atoms with E-state index in [9.17, 15) is 4.79 Å². The molecule has 2 aromatic carbocycles.